The zero-order valence-corrected chi connectivity index (χ0v) is 7.96. The first kappa shape index (κ1) is 8.17. The Bertz CT molecular complexity index is 579. The molecule has 0 amide bonds. The van der Waals surface area contributed by atoms with Crippen LogP contribution in [0.1, 0.15) is 0 Å². The minimum atomic E-state index is 0.957. The summed E-state index contributed by atoms with van der Waals surface area (Å²) in [5, 5.41) is 10.4. The van der Waals surface area contributed by atoms with Gasteiger partial charge in [0.05, 0.1) is 18.1 Å². The van der Waals surface area contributed by atoms with Gasteiger partial charge in [0.15, 0.2) is 0 Å². The van der Waals surface area contributed by atoms with Crippen molar-refractivity contribution in [2.45, 2.75) is 0 Å². The Kier molecular flexibility index (Phi) is 1.75. The lowest BCUT2D eigenvalue weighted by atomic mass is 10.1. The third-order valence-corrected chi connectivity index (χ3v) is 2.31. The van der Waals surface area contributed by atoms with Crippen LogP contribution in [0.2, 0.25) is 0 Å². The molecule has 0 N–H and O–H groups in total. The smallest absolute Gasteiger partial charge is 0.0941 e. The quantitative estimate of drug-likeness (QED) is 0.594. The van der Waals surface area contributed by atoms with Crippen molar-refractivity contribution in [2.75, 3.05) is 0 Å². The number of hydrogen-bond donors (Lipinski definition) is 0. The van der Waals surface area contributed by atoms with Crippen molar-refractivity contribution in [3.63, 3.8) is 0 Å². The van der Waals surface area contributed by atoms with E-state index in [1.807, 2.05) is 24.3 Å². The molecule has 1 aromatic heterocycles. The van der Waals surface area contributed by atoms with E-state index in [4.69, 9.17) is 0 Å². The van der Waals surface area contributed by atoms with Crippen LogP contribution in [0, 0.1) is 6.07 Å². The van der Waals surface area contributed by atoms with Gasteiger partial charge in [-0.3, -0.25) is 0 Å². The standard InChI is InChI=1S/C12H8N3/c1-2-6-11-10(4-1)5-3-7-12(11)15-13-8-9-14-15/h1-5,7-9H. The van der Waals surface area contributed by atoms with E-state index in [0.29, 0.717) is 0 Å². The van der Waals surface area contributed by atoms with E-state index in [0.717, 1.165) is 16.5 Å². The zero-order valence-electron chi connectivity index (χ0n) is 7.96. The number of fused-ring (bicyclic) bond motifs is 1. The van der Waals surface area contributed by atoms with Crippen LogP contribution in [0.25, 0.3) is 16.5 Å². The highest BCUT2D eigenvalue weighted by Crippen LogP contribution is 2.19. The Labute approximate surface area is 87.0 Å². The molecule has 3 heteroatoms. The summed E-state index contributed by atoms with van der Waals surface area (Å²) in [4.78, 5) is 1.61. The summed E-state index contributed by atoms with van der Waals surface area (Å²) in [6.45, 7) is 0. The van der Waals surface area contributed by atoms with Gasteiger partial charge in [-0.05, 0) is 17.5 Å². The second-order valence-corrected chi connectivity index (χ2v) is 3.23. The molecule has 0 spiro atoms. The summed E-state index contributed by atoms with van der Waals surface area (Å²) >= 11 is 0. The number of aromatic nitrogens is 3. The maximum atomic E-state index is 4.12. The maximum Gasteiger partial charge on any atom is 0.0941 e. The van der Waals surface area contributed by atoms with Crippen LogP contribution >= 0.6 is 0 Å². The Morgan fingerprint density at radius 3 is 2.67 bits per heavy atom. The average Bonchev–Trinajstić information content (AvgIpc) is 2.82. The van der Waals surface area contributed by atoms with Crippen molar-refractivity contribution in [1.29, 1.82) is 0 Å². The SMILES string of the molecule is [c]1cccc2cccc(-n3nccn3)c12. The molecule has 0 fully saturated rings. The van der Waals surface area contributed by atoms with Crippen LogP contribution in [-0.4, -0.2) is 15.0 Å². The van der Waals surface area contributed by atoms with Gasteiger partial charge in [-0.2, -0.15) is 15.0 Å². The zero-order chi connectivity index (χ0) is 10.1. The van der Waals surface area contributed by atoms with Crippen molar-refractivity contribution in [3.05, 3.63) is 54.9 Å². The van der Waals surface area contributed by atoms with Crippen molar-refractivity contribution < 1.29 is 0 Å². The lowest BCUT2D eigenvalue weighted by Gasteiger charge is -2.03. The topological polar surface area (TPSA) is 30.7 Å². The average molecular weight is 194 g/mol. The van der Waals surface area contributed by atoms with Gasteiger partial charge in [-0.1, -0.05) is 30.3 Å². The Morgan fingerprint density at radius 2 is 1.80 bits per heavy atom. The van der Waals surface area contributed by atoms with E-state index in [9.17, 15) is 0 Å². The summed E-state index contributed by atoms with van der Waals surface area (Å²) in [5.74, 6) is 0. The number of rotatable bonds is 1. The van der Waals surface area contributed by atoms with E-state index in [-0.39, 0.29) is 0 Å². The molecule has 1 radical (unpaired) electrons. The molecule has 0 bridgehead atoms. The largest absolute Gasteiger partial charge is 0.157 e. The first-order valence-electron chi connectivity index (χ1n) is 4.71. The van der Waals surface area contributed by atoms with Crippen molar-refractivity contribution in [1.82, 2.24) is 15.0 Å². The minimum Gasteiger partial charge on any atom is -0.157 e. The van der Waals surface area contributed by atoms with Gasteiger partial charge in [0, 0.05) is 5.39 Å². The predicted octanol–water partition coefficient (Wildman–Crippen LogP) is 2.22. The van der Waals surface area contributed by atoms with Crippen LogP contribution in [0.3, 0.4) is 0 Å². The van der Waals surface area contributed by atoms with Gasteiger partial charge in [-0.25, -0.2) is 0 Å². The highest BCUT2D eigenvalue weighted by molar-refractivity contribution is 5.89. The second-order valence-electron chi connectivity index (χ2n) is 3.23. The molecule has 0 aliphatic carbocycles. The molecule has 0 atom stereocenters. The first-order chi connectivity index (χ1) is 7.45. The second kappa shape index (κ2) is 3.20. The summed E-state index contributed by atoms with van der Waals surface area (Å²) in [5.41, 5.74) is 0.957. The molecule has 3 rings (SSSR count). The maximum absolute atomic E-state index is 4.12. The van der Waals surface area contributed by atoms with Crippen LogP contribution < -0.4 is 0 Å². The Balaban J connectivity index is 2.36. The van der Waals surface area contributed by atoms with E-state index < -0.39 is 0 Å². The molecule has 15 heavy (non-hydrogen) atoms. The summed E-state index contributed by atoms with van der Waals surface area (Å²) < 4.78 is 0. The van der Waals surface area contributed by atoms with Gasteiger partial charge in [0.1, 0.15) is 0 Å². The Morgan fingerprint density at radius 1 is 1.00 bits per heavy atom. The molecule has 3 aromatic rings. The molecular formula is C12H8N3. The number of benzene rings is 2. The third kappa shape index (κ3) is 1.29. The fraction of sp³-hybridized carbons (Fsp3) is 0. The molecule has 71 valence electrons. The third-order valence-electron chi connectivity index (χ3n) is 2.31. The molecule has 0 saturated heterocycles. The molecular weight excluding hydrogens is 186 g/mol. The van der Waals surface area contributed by atoms with Crippen LogP contribution in [0.15, 0.2) is 48.8 Å². The summed E-state index contributed by atoms with van der Waals surface area (Å²) in [7, 11) is 0. The fourth-order valence-corrected chi connectivity index (χ4v) is 1.64. The van der Waals surface area contributed by atoms with Gasteiger partial charge >= 0.3 is 0 Å². The van der Waals surface area contributed by atoms with Crippen molar-refractivity contribution in [2.24, 2.45) is 0 Å². The summed E-state index contributed by atoms with van der Waals surface area (Å²) in [6, 6.07) is 15.2. The molecule has 2 aromatic carbocycles. The predicted molar refractivity (Wildman–Crippen MR) is 57.7 cm³/mol. The molecule has 0 saturated carbocycles. The normalized spacial score (nSPS) is 10.7. The van der Waals surface area contributed by atoms with Gasteiger partial charge in [0.25, 0.3) is 0 Å². The highest BCUT2D eigenvalue weighted by atomic mass is 15.5. The van der Waals surface area contributed by atoms with E-state index in [2.05, 4.69) is 28.4 Å². The molecule has 0 aliphatic rings. The highest BCUT2D eigenvalue weighted by Gasteiger charge is 2.02. The number of nitrogens with zero attached hydrogens (tertiary/aromatic N) is 3. The molecule has 0 unspecified atom stereocenters. The van der Waals surface area contributed by atoms with Crippen LogP contribution in [0.4, 0.5) is 0 Å². The Hall–Kier alpha value is -2.16. The van der Waals surface area contributed by atoms with Gasteiger partial charge in [0.2, 0.25) is 0 Å². The van der Waals surface area contributed by atoms with Crippen molar-refractivity contribution >= 4 is 10.8 Å². The monoisotopic (exact) mass is 194 g/mol. The van der Waals surface area contributed by atoms with Crippen molar-refractivity contribution in [3.8, 4) is 5.69 Å². The lowest BCUT2D eigenvalue weighted by molar-refractivity contribution is 0.757. The lowest BCUT2D eigenvalue weighted by Crippen LogP contribution is -1.98. The first-order valence-corrected chi connectivity index (χ1v) is 4.71. The van der Waals surface area contributed by atoms with E-state index in [1.54, 1.807) is 17.2 Å². The van der Waals surface area contributed by atoms with Crippen LogP contribution in [0.5, 0.6) is 0 Å². The molecule has 1 heterocycles. The van der Waals surface area contributed by atoms with E-state index in [1.165, 1.54) is 0 Å². The van der Waals surface area contributed by atoms with Gasteiger partial charge < -0.3 is 0 Å². The van der Waals surface area contributed by atoms with Gasteiger partial charge in [-0.15, -0.1) is 0 Å². The van der Waals surface area contributed by atoms with E-state index >= 15 is 0 Å². The minimum absolute atomic E-state index is 0.957. The summed E-state index contributed by atoms with van der Waals surface area (Å²) in [6.07, 6.45) is 3.34. The fourth-order valence-electron chi connectivity index (χ4n) is 1.64. The number of hydrogen-bond acceptors (Lipinski definition) is 2. The van der Waals surface area contributed by atoms with Crippen LogP contribution in [-0.2, 0) is 0 Å². The molecule has 3 nitrogen and oxygen atoms in total. The molecule has 0 aliphatic heterocycles.